The van der Waals surface area contributed by atoms with Crippen LogP contribution in [0.3, 0.4) is 0 Å². The minimum Gasteiger partial charge on any atom is -0.374 e. The van der Waals surface area contributed by atoms with Gasteiger partial charge in [0.05, 0.1) is 17.6 Å². The zero-order chi connectivity index (χ0) is 18.6. The Kier molecular flexibility index (Phi) is 5.73. The first-order chi connectivity index (χ1) is 11.8. The van der Waals surface area contributed by atoms with Gasteiger partial charge in [0.1, 0.15) is 12.0 Å². The topological polar surface area (TPSA) is 49.2 Å². The summed E-state index contributed by atoms with van der Waals surface area (Å²) in [5.41, 5.74) is -1.37. The zero-order valence-electron chi connectivity index (χ0n) is 13.5. The van der Waals surface area contributed by atoms with E-state index in [1.165, 1.54) is 24.4 Å². The Hall–Kier alpha value is -2.48. The summed E-state index contributed by atoms with van der Waals surface area (Å²) in [6.45, 7) is 5.17. The molecule has 4 nitrogen and oxygen atoms in total. The van der Waals surface area contributed by atoms with Crippen molar-refractivity contribution in [2.45, 2.75) is 25.7 Å². The van der Waals surface area contributed by atoms with Gasteiger partial charge in [-0.25, -0.2) is 9.37 Å². The Morgan fingerprint density at radius 1 is 1.32 bits per heavy atom. The lowest BCUT2D eigenvalue weighted by Gasteiger charge is -2.30. The van der Waals surface area contributed by atoms with E-state index in [1.807, 2.05) is 0 Å². The quantitative estimate of drug-likeness (QED) is 0.483. The Bertz CT molecular complexity index is 749. The highest BCUT2D eigenvalue weighted by molar-refractivity contribution is 5.63. The SMILES string of the molecule is C=CCN(c1ccc(-c2cncc(F)c2)nc1C(F)(F)F)C(O)CC. The molecule has 1 unspecified atom stereocenters. The van der Waals surface area contributed by atoms with E-state index in [9.17, 15) is 22.7 Å². The molecule has 2 heterocycles. The average molecular weight is 355 g/mol. The monoisotopic (exact) mass is 355 g/mol. The standard InChI is InChI=1S/C17H17F4N3O/c1-3-7-24(15(25)4-2)14-6-5-13(23-16(14)17(19,20)21)11-8-12(18)10-22-9-11/h3,5-6,8-10,15,25H,1,4,7H2,2H3. The molecule has 0 spiro atoms. The molecule has 2 aromatic rings. The maximum atomic E-state index is 13.5. The molecule has 1 N–H and O–H groups in total. The number of hydrogen-bond donors (Lipinski definition) is 1. The molecule has 0 aliphatic heterocycles. The molecule has 0 fully saturated rings. The van der Waals surface area contributed by atoms with Crippen molar-refractivity contribution in [3.8, 4) is 11.3 Å². The van der Waals surface area contributed by atoms with E-state index in [4.69, 9.17) is 0 Å². The van der Waals surface area contributed by atoms with Crippen LogP contribution >= 0.6 is 0 Å². The van der Waals surface area contributed by atoms with Crippen molar-refractivity contribution in [3.05, 3.63) is 54.8 Å². The summed E-state index contributed by atoms with van der Waals surface area (Å²) in [7, 11) is 0. The van der Waals surface area contributed by atoms with Crippen molar-refractivity contribution in [1.82, 2.24) is 9.97 Å². The molecule has 1 atom stereocenters. The summed E-state index contributed by atoms with van der Waals surface area (Å²) < 4.78 is 53.8. The molecule has 0 amide bonds. The largest absolute Gasteiger partial charge is 0.435 e. The van der Waals surface area contributed by atoms with E-state index < -0.39 is 23.9 Å². The van der Waals surface area contributed by atoms with Gasteiger partial charge >= 0.3 is 6.18 Å². The van der Waals surface area contributed by atoms with Crippen LogP contribution in [0.15, 0.2) is 43.2 Å². The molecule has 0 aromatic carbocycles. The minimum atomic E-state index is -4.75. The highest BCUT2D eigenvalue weighted by Gasteiger charge is 2.38. The van der Waals surface area contributed by atoms with Gasteiger partial charge in [0.25, 0.3) is 0 Å². The number of nitrogens with zero attached hydrogens (tertiary/aromatic N) is 3. The molecular weight excluding hydrogens is 338 g/mol. The van der Waals surface area contributed by atoms with Gasteiger partial charge in [-0.2, -0.15) is 13.2 Å². The molecule has 0 aliphatic carbocycles. The zero-order valence-corrected chi connectivity index (χ0v) is 13.5. The van der Waals surface area contributed by atoms with Crippen LogP contribution in [0.4, 0.5) is 23.2 Å². The Morgan fingerprint density at radius 2 is 2.04 bits per heavy atom. The summed E-state index contributed by atoms with van der Waals surface area (Å²) in [6, 6.07) is 3.59. The predicted molar refractivity (Wildman–Crippen MR) is 86.3 cm³/mol. The van der Waals surface area contributed by atoms with Crippen LogP contribution in [-0.4, -0.2) is 27.8 Å². The van der Waals surface area contributed by atoms with Crippen LogP contribution in [0.25, 0.3) is 11.3 Å². The van der Waals surface area contributed by atoms with Gasteiger partial charge in [0.2, 0.25) is 0 Å². The minimum absolute atomic E-state index is 0.0145. The predicted octanol–water partition coefficient (Wildman–Crippen LogP) is 4.02. The fourth-order valence-electron chi connectivity index (χ4n) is 2.34. The normalized spacial score (nSPS) is 12.7. The van der Waals surface area contributed by atoms with Crippen molar-refractivity contribution in [1.29, 1.82) is 0 Å². The van der Waals surface area contributed by atoms with Crippen molar-refractivity contribution < 1.29 is 22.7 Å². The number of anilines is 1. The smallest absolute Gasteiger partial charge is 0.374 e. The van der Waals surface area contributed by atoms with E-state index in [0.717, 1.165) is 17.2 Å². The summed E-state index contributed by atoms with van der Waals surface area (Å²) in [4.78, 5) is 8.44. The second kappa shape index (κ2) is 7.60. The average Bonchev–Trinajstić information content (AvgIpc) is 2.58. The molecule has 2 aromatic heterocycles. The maximum absolute atomic E-state index is 13.5. The second-order valence-corrected chi connectivity index (χ2v) is 5.28. The number of aliphatic hydroxyl groups is 1. The van der Waals surface area contributed by atoms with Gasteiger partial charge in [-0.15, -0.1) is 6.58 Å². The van der Waals surface area contributed by atoms with Crippen LogP contribution in [0.1, 0.15) is 19.0 Å². The van der Waals surface area contributed by atoms with Crippen molar-refractivity contribution in [2.24, 2.45) is 0 Å². The third kappa shape index (κ3) is 4.33. The van der Waals surface area contributed by atoms with Crippen LogP contribution in [-0.2, 0) is 6.18 Å². The highest BCUT2D eigenvalue weighted by Crippen LogP contribution is 2.37. The number of aromatic nitrogens is 2. The van der Waals surface area contributed by atoms with Gasteiger partial charge in [-0.05, 0) is 24.6 Å². The van der Waals surface area contributed by atoms with Gasteiger partial charge in [0.15, 0.2) is 5.69 Å². The van der Waals surface area contributed by atoms with Crippen molar-refractivity contribution in [2.75, 3.05) is 11.4 Å². The fourth-order valence-corrected chi connectivity index (χ4v) is 2.34. The highest BCUT2D eigenvalue weighted by atomic mass is 19.4. The van der Waals surface area contributed by atoms with E-state index in [2.05, 4.69) is 16.5 Å². The molecule has 0 saturated heterocycles. The van der Waals surface area contributed by atoms with Crippen LogP contribution < -0.4 is 4.90 Å². The lowest BCUT2D eigenvalue weighted by atomic mass is 10.1. The molecule has 8 heteroatoms. The van der Waals surface area contributed by atoms with Crippen LogP contribution in [0.2, 0.25) is 0 Å². The molecule has 0 radical (unpaired) electrons. The van der Waals surface area contributed by atoms with Crippen LogP contribution in [0, 0.1) is 5.82 Å². The molecule has 25 heavy (non-hydrogen) atoms. The first kappa shape index (κ1) is 18.9. The number of aliphatic hydroxyl groups excluding tert-OH is 1. The Labute approximate surface area is 142 Å². The number of alkyl halides is 3. The van der Waals surface area contributed by atoms with Gasteiger partial charge in [0, 0.05) is 18.3 Å². The molecule has 0 bridgehead atoms. The first-order valence-electron chi connectivity index (χ1n) is 7.52. The summed E-state index contributed by atoms with van der Waals surface area (Å²) in [5, 5.41) is 10.0. The van der Waals surface area contributed by atoms with Crippen LogP contribution in [0.5, 0.6) is 0 Å². The van der Waals surface area contributed by atoms with Gasteiger partial charge < -0.3 is 10.0 Å². The first-order valence-corrected chi connectivity index (χ1v) is 7.52. The number of rotatable bonds is 6. The number of hydrogen-bond acceptors (Lipinski definition) is 4. The molecule has 0 aliphatic rings. The lowest BCUT2D eigenvalue weighted by molar-refractivity contribution is -0.140. The van der Waals surface area contributed by atoms with Gasteiger partial charge in [-0.3, -0.25) is 4.98 Å². The molecule has 0 saturated carbocycles. The van der Waals surface area contributed by atoms with Crippen molar-refractivity contribution >= 4 is 5.69 Å². The number of halogens is 4. The number of pyridine rings is 2. The van der Waals surface area contributed by atoms with Gasteiger partial charge in [-0.1, -0.05) is 13.0 Å². The summed E-state index contributed by atoms with van der Waals surface area (Å²) in [6.07, 6.45) is -2.08. The van der Waals surface area contributed by atoms with E-state index in [0.29, 0.717) is 0 Å². The summed E-state index contributed by atoms with van der Waals surface area (Å²) >= 11 is 0. The Balaban J connectivity index is 2.59. The summed E-state index contributed by atoms with van der Waals surface area (Å²) in [5.74, 6) is -0.674. The second-order valence-electron chi connectivity index (χ2n) is 5.28. The molecule has 2 rings (SSSR count). The van der Waals surface area contributed by atoms with E-state index >= 15 is 0 Å². The lowest BCUT2D eigenvalue weighted by Crippen LogP contribution is -2.36. The van der Waals surface area contributed by atoms with E-state index in [-0.39, 0.29) is 29.9 Å². The third-order valence-corrected chi connectivity index (χ3v) is 3.50. The maximum Gasteiger partial charge on any atom is 0.435 e. The van der Waals surface area contributed by atoms with E-state index in [1.54, 1.807) is 6.92 Å². The Morgan fingerprint density at radius 3 is 2.60 bits per heavy atom. The molecular formula is C17H17F4N3O. The fraction of sp³-hybridized carbons (Fsp3) is 0.294. The third-order valence-electron chi connectivity index (χ3n) is 3.50. The molecule has 134 valence electrons. The van der Waals surface area contributed by atoms with Crippen molar-refractivity contribution in [3.63, 3.8) is 0 Å².